The molecule has 120 valence electrons. The number of hydrogen-bond donors (Lipinski definition) is 3. The number of nitrogens with one attached hydrogen (secondary N) is 3. The van der Waals surface area contributed by atoms with Gasteiger partial charge in [-0.25, -0.2) is 4.98 Å². The average molecular weight is 337 g/mol. The molecule has 0 unspecified atom stereocenters. The zero-order valence-corrected chi connectivity index (χ0v) is 13.7. The van der Waals surface area contributed by atoms with E-state index in [1.54, 1.807) is 18.3 Å². The molecule has 4 nitrogen and oxygen atoms in total. The summed E-state index contributed by atoms with van der Waals surface area (Å²) in [6.45, 7) is 0. The van der Waals surface area contributed by atoms with E-state index >= 15 is 0 Å². The van der Waals surface area contributed by atoms with Crippen molar-refractivity contribution in [3.8, 4) is 0 Å². The largest absolute Gasteiger partial charge is 0.326 e. The van der Waals surface area contributed by atoms with Crippen LogP contribution >= 0.6 is 11.6 Å². The van der Waals surface area contributed by atoms with Crippen LogP contribution in [-0.4, -0.2) is 10.9 Å². The first kappa shape index (κ1) is 16.0. The number of halogens is 1. The summed E-state index contributed by atoms with van der Waals surface area (Å²) < 4.78 is 0. The van der Waals surface area contributed by atoms with Gasteiger partial charge < -0.3 is 10.6 Å². The minimum absolute atomic E-state index is 0.158. The van der Waals surface area contributed by atoms with Gasteiger partial charge in [0.1, 0.15) is 5.82 Å². The lowest BCUT2D eigenvalue weighted by Crippen LogP contribution is -2.22. The Hall–Kier alpha value is -2.85. The highest BCUT2D eigenvalue weighted by molar-refractivity contribution is 6.30. The fourth-order valence-electron chi connectivity index (χ4n) is 2.34. The van der Waals surface area contributed by atoms with Gasteiger partial charge in [0, 0.05) is 23.3 Å². The van der Waals surface area contributed by atoms with Crippen molar-refractivity contribution in [1.82, 2.24) is 4.98 Å². The van der Waals surface area contributed by atoms with Crippen molar-refractivity contribution >= 4 is 29.1 Å². The molecule has 0 spiro atoms. The van der Waals surface area contributed by atoms with Crippen LogP contribution < -0.4 is 10.6 Å². The summed E-state index contributed by atoms with van der Waals surface area (Å²) in [7, 11) is 0. The van der Waals surface area contributed by atoms with E-state index in [1.165, 1.54) is 5.56 Å². The van der Waals surface area contributed by atoms with Crippen LogP contribution in [0.1, 0.15) is 11.1 Å². The second kappa shape index (κ2) is 7.62. The maximum Gasteiger partial charge on any atom is 0.198 e. The van der Waals surface area contributed by atoms with Gasteiger partial charge in [-0.15, -0.1) is 0 Å². The molecule has 5 heteroatoms. The number of hydrogen-bond acceptors (Lipinski definition) is 2. The molecular weight excluding hydrogens is 320 g/mol. The number of benzene rings is 2. The first-order chi connectivity index (χ1) is 11.7. The molecule has 24 heavy (non-hydrogen) atoms. The summed E-state index contributed by atoms with van der Waals surface area (Å²) in [4.78, 5) is 4.36. The Morgan fingerprint density at radius 2 is 1.67 bits per heavy atom. The Bertz CT molecular complexity index is 816. The Morgan fingerprint density at radius 1 is 0.917 bits per heavy atom. The Labute approximate surface area is 146 Å². The highest BCUT2D eigenvalue weighted by Crippen LogP contribution is 2.17. The summed E-state index contributed by atoms with van der Waals surface area (Å²) in [6.07, 6.45) is 2.47. The molecule has 0 atom stereocenters. The van der Waals surface area contributed by atoms with Crippen LogP contribution in [0.2, 0.25) is 5.02 Å². The van der Waals surface area contributed by atoms with Crippen LogP contribution in [0.3, 0.4) is 0 Å². The monoisotopic (exact) mass is 336 g/mol. The van der Waals surface area contributed by atoms with Crippen LogP contribution in [-0.2, 0) is 6.42 Å². The summed E-state index contributed by atoms with van der Waals surface area (Å²) in [5.74, 6) is 0.832. The van der Waals surface area contributed by atoms with E-state index in [1.807, 2.05) is 42.5 Å². The average Bonchev–Trinajstić information content (AvgIpc) is 2.60. The number of nitrogens with zero attached hydrogens (tertiary/aromatic N) is 1. The van der Waals surface area contributed by atoms with Gasteiger partial charge in [0.2, 0.25) is 0 Å². The van der Waals surface area contributed by atoms with Crippen molar-refractivity contribution < 1.29 is 0 Å². The third-order valence-electron chi connectivity index (χ3n) is 3.49. The standard InChI is InChI=1S/C19H17ClN4/c20-16-8-10-17(11-9-16)23-19(21)24-18-15(7-4-12-22-18)13-14-5-2-1-3-6-14/h1-12H,13H2,(H3,21,22,23,24). The van der Waals surface area contributed by atoms with Crippen LogP contribution in [0.15, 0.2) is 72.9 Å². The maximum atomic E-state index is 8.10. The number of guanidine groups is 1. The zero-order chi connectivity index (χ0) is 16.8. The van der Waals surface area contributed by atoms with E-state index in [4.69, 9.17) is 17.0 Å². The van der Waals surface area contributed by atoms with Gasteiger partial charge in [-0.3, -0.25) is 5.41 Å². The van der Waals surface area contributed by atoms with Crippen molar-refractivity contribution in [3.05, 3.63) is 89.1 Å². The first-order valence-electron chi connectivity index (χ1n) is 7.57. The summed E-state index contributed by atoms with van der Waals surface area (Å²) in [5, 5.41) is 14.8. The third kappa shape index (κ3) is 4.33. The molecular formula is C19H17ClN4. The van der Waals surface area contributed by atoms with Crippen LogP contribution in [0.5, 0.6) is 0 Å². The molecule has 0 aliphatic heterocycles. The van der Waals surface area contributed by atoms with Crippen molar-refractivity contribution in [3.63, 3.8) is 0 Å². The molecule has 1 heterocycles. The normalized spacial score (nSPS) is 10.2. The molecule has 3 aromatic rings. The third-order valence-corrected chi connectivity index (χ3v) is 3.74. The second-order valence-electron chi connectivity index (χ2n) is 5.31. The Balaban J connectivity index is 1.70. The quantitative estimate of drug-likeness (QED) is 0.474. The van der Waals surface area contributed by atoms with Gasteiger partial charge in [-0.1, -0.05) is 48.0 Å². The van der Waals surface area contributed by atoms with Gasteiger partial charge in [-0.05, 0) is 41.5 Å². The number of aromatic nitrogens is 1. The molecule has 3 N–H and O–H groups in total. The van der Waals surface area contributed by atoms with Gasteiger partial charge in [-0.2, -0.15) is 0 Å². The van der Waals surface area contributed by atoms with E-state index in [0.29, 0.717) is 10.8 Å². The molecule has 0 aliphatic carbocycles. The second-order valence-corrected chi connectivity index (χ2v) is 5.74. The van der Waals surface area contributed by atoms with E-state index in [9.17, 15) is 0 Å². The van der Waals surface area contributed by atoms with Gasteiger partial charge in [0.05, 0.1) is 0 Å². The minimum atomic E-state index is 0.158. The molecule has 0 amide bonds. The van der Waals surface area contributed by atoms with Crippen LogP contribution in [0, 0.1) is 5.41 Å². The smallest absolute Gasteiger partial charge is 0.198 e. The number of rotatable bonds is 4. The lowest BCUT2D eigenvalue weighted by atomic mass is 10.1. The van der Waals surface area contributed by atoms with Crippen molar-refractivity contribution in [2.24, 2.45) is 0 Å². The minimum Gasteiger partial charge on any atom is -0.326 e. The Kier molecular flexibility index (Phi) is 5.08. The lowest BCUT2D eigenvalue weighted by Gasteiger charge is -2.13. The molecule has 2 aromatic carbocycles. The predicted molar refractivity (Wildman–Crippen MR) is 99.9 cm³/mol. The molecule has 0 saturated carbocycles. The van der Waals surface area contributed by atoms with E-state index in [0.717, 1.165) is 17.7 Å². The molecule has 0 fully saturated rings. The molecule has 0 bridgehead atoms. The van der Waals surface area contributed by atoms with Gasteiger partial charge in [0.15, 0.2) is 5.96 Å². The van der Waals surface area contributed by atoms with E-state index in [-0.39, 0.29) is 5.96 Å². The van der Waals surface area contributed by atoms with Crippen LogP contribution in [0.25, 0.3) is 0 Å². The molecule has 3 rings (SSSR count). The van der Waals surface area contributed by atoms with Crippen molar-refractivity contribution in [1.29, 1.82) is 5.41 Å². The lowest BCUT2D eigenvalue weighted by molar-refractivity contribution is 1.15. The van der Waals surface area contributed by atoms with Crippen molar-refractivity contribution in [2.45, 2.75) is 6.42 Å². The van der Waals surface area contributed by atoms with E-state index < -0.39 is 0 Å². The van der Waals surface area contributed by atoms with E-state index in [2.05, 4.69) is 27.8 Å². The topological polar surface area (TPSA) is 60.8 Å². The number of pyridine rings is 1. The highest BCUT2D eigenvalue weighted by atomic mass is 35.5. The summed E-state index contributed by atoms with van der Waals surface area (Å²) >= 11 is 5.87. The highest BCUT2D eigenvalue weighted by Gasteiger charge is 2.07. The maximum absolute atomic E-state index is 8.10. The number of anilines is 2. The Morgan fingerprint density at radius 3 is 2.42 bits per heavy atom. The van der Waals surface area contributed by atoms with Gasteiger partial charge >= 0.3 is 0 Å². The fraction of sp³-hybridized carbons (Fsp3) is 0.0526. The molecule has 0 radical (unpaired) electrons. The SMILES string of the molecule is N=C(Nc1ccc(Cl)cc1)Nc1ncccc1Cc1ccccc1. The van der Waals surface area contributed by atoms with Crippen LogP contribution in [0.4, 0.5) is 11.5 Å². The zero-order valence-electron chi connectivity index (χ0n) is 13.0. The van der Waals surface area contributed by atoms with Crippen molar-refractivity contribution in [2.75, 3.05) is 10.6 Å². The molecule has 0 aliphatic rings. The molecule has 0 saturated heterocycles. The van der Waals surface area contributed by atoms with Gasteiger partial charge in [0.25, 0.3) is 0 Å². The first-order valence-corrected chi connectivity index (χ1v) is 7.94. The molecule has 1 aromatic heterocycles. The fourth-order valence-corrected chi connectivity index (χ4v) is 2.46. The predicted octanol–water partition coefficient (Wildman–Crippen LogP) is 4.78. The summed E-state index contributed by atoms with van der Waals surface area (Å²) in [5.41, 5.74) is 3.02. The summed E-state index contributed by atoms with van der Waals surface area (Å²) in [6, 6.07) is 21.3.